The standard InChI is InChI=1S/C32H35F4N7O2.CH2O2/c1-3-21-16-22(4-5-23(21)31(44)41-12-14-43(2,15-13-41)19-20-8-9-37-17-20)40-29-30-39-18-25(42(30)11-10-38-29)24-6-7-26(45-32(35)36)28(34)27(24)33;2-1-3/h4-7,10-11,16,18,20,32,37H,3,8-9,12-15,17,19H2,1-2H3;1H,(H,2,3). The van der Waals surface area contributed by atoms with Gasteiger partial charge in [-0.05, 0) is 55.3 Å². The molecule has 1 amide bonds. The molecule has 15 heteroatoms. The number of halogens is 4. The van der Waals surface area contributed by atoms with Gasteiger partial charge in [0.25, 0.3) is 5.91 Å². The van der Waals surface area contributed by atoms with Crippen molar-refractivity contribution in [3.8, 4) is 17.0 Å². The first kappa shape index (κ1) is 34.6. The molecule has 1 unspecified atom stereocenters. The molecule has 0 aliphatic carbocycles. The van der Waals surface area contributed by atoms with E-state index >= 15 is 0 Å². The maximum atomic E-state index is 14.9. The monoisotopic (exact) mass is 671 g/mol. The Kier molecular flexibility index (Phi) is 10.8. The highest BCUT2D eigenvalue weighted by atomic mass is 19.3. The van der Waals surface area contributed by atoms with Crippen LogP contribution in [0.2, 0.25) is 0 Å². The van der Waals surface area contributed by atoms with Crippen molar-refractivity contribution in [2.45, 2.75) is 26.4 Å². The first-order chi connectivity index (χ1) is 23.1. The lowest BCUT2D eigenvalue weighted by Gasteiger charge is -2.43. The second-order valence-electron chi connectivity index (χ2n) is 12.1. The number of rotatable bonds is 9. The van der Waals surface area contributed by atoms with Crippen LogP contribution in [0.1, 0.15) is 29.3 Å². The molecule has 4 heterocycles. The molecule has 2 aromatic carbocycles. The predicted molar refractivity (Wildman–Crippen MR) is 168 cm³/mol. The number of ether oxygens (including phenoxy) is 1. The molecule has 2 aliphatic heterocycles. The summed E-state index contributed by atoms with van der Waals surface area (Å²) in [4.78, 5) is 32.6. The Morgan fingerprint density at radius 2 is 1.94 bits per heavy atom. The van der Waals surface area contributed by atoms with Gasteiger partial charge in [0, 0.05) is 48.1 Å². The molecule has 0 spiro atoms. The van der Waals surface area contributed by atoms with Gasteiger partial charge in [0.2, 0.25) is 5.82 Å². The molecule has 2 saturated heterocycles. The van der Waals surface area contributed by atoms with E-state index in [0.29, 0.717) is 35.1 Å². The van der Waals surface area contributed by atoms with Crippen molar-refractivity contribution < 1.29 is 41.5 Å². The highest BCUT2D eigenvalue weighted by molar-refractivity contribution is 5.96. The van der Waals surface area contributed by atoms with Gasteiger partial charge in [0.15, 0.2) is 23.0 Å². The molecule has 1 atom stereocenters. The highest BCUT2D eigenvalue weighted by Gasteiger charge is 2.34. The average molecular weight is 672 g/mol. The van der Waals surface area contributed by atoms with E-state index in [2.05, 4.69) is 32.4 Å². The number of carboxylic acid groups (broad SMARTS) is 1. The second-order valence-corrected chi connectivity index (χ2v) is 12.1. The van der Waals surface area contributed by atoms with Crippen LogP contribution in [0.3, 0.4) is 0 Å². The fourth-order valence-electron chi connectivity index (χ4n) is 6.43. The number of aryl methyl sites for hydroxylation is 1. The van der Waals surface area contributed by atoms with Gasteiger partial charge in [-0.2, -0.15) is 13.2 Å². The molecule has 4 aromatic rings. The molecular formula is C33H37F4N7O4. The van der Waals surface area contributed by atoms with Crippen molar-refractivity contribution in [2.75, 3.05) is 58.2 Å². The molecule has 48 heavy (non-hydrogen) atoms. The first-order valence-electron chi connectivity index (χ1n) is 15.6. The minimum Gasteiger partial charge on any atom is -0.554 e. The molecule has 2 N–H and O–H groups in total. The summed E-state index contributed by atoms with van der Waals surface area (Å²) in [7, 11) is 2.30. The number of anilines is 2. The molecule has 2 aliphatic rings. The van der Waals surface area contributed by atoms with E-state index in [4.69, 9.17) is 9.90 Å². The summed E-state index contributed by atoms with van der Waals surface area (Å²) in [6.45, 7) is 4.85. The van der Waals surface area contributed by atoms with E-state index in [9.17, 15) is 22.4 Å². The summed E-state index contributed by atoms with van der Waals surface area (Å²) in [5.74, 6) is -2.65. The van der Waals surface area contributed by atoms with Gasteiger partial charge in [0.1, 0.15) is 0 Å². The number of imidazole rings is 1. The van der Waals surface area contributed by atoms with E-state index in [1.165, 1.54) is 29.4 Å². The summed E-state index contributed by atoms with van der Waals surface area (Å²) in [6.07, 6.45) is 6.23. The third kappa shape index (κ3) is 7.52. The lowest BCUT2D eigenvalue weighted by molar-refractivity contribution is -0.916. The van der Waals surface area contributed by atoms with E-state index in [1.807, 2.05) is 30.0 Å². The Labute approximate surface area is 274 Å². The number of carbonyl (C=O) groups excluding carboxylic acids is 2. The lowest BCUT2D eigenvalue weighted by Crippen LogP contribution is -2.59. The van der Waals surface area contributed by atoms with Crippen LogP contribution >= 0.6 is 0 Å². The number of hydrogen-bond donors (Lipinski definition) is 2. The zero-order chi connectivity index (χ0) is 34.4. The fraction of sp³-hybridized carbons (Fsp3) is 0.394. The van der Waals surface area contributed by atoms with Crippen LogP contribution < -0.4 is 20.5 Å². The maximum Gasteiger partial charge on any atom is 0.387 e. The van der Waals surface area contributed by atoms with Gasteiger partial charge >= 0.3 is 6.61 Å². The molecule has 2 aromatic heterocycles. The maximum absolute atomic E-state index is 14.9. The molecule has 0 bridgehead atoms. The number of carbonyl (C=O) groups is 2. The van der Waals surface area contributed by atoms with Crippen LogP contribution in [0.4, 0.5) is 29.1 Å². The van der Waals surface area contributed by atoms with Crippen molar-refractivity contribution in [1.29, 1.82) is 0 Å². The van der Waals surface area contributed by atoms with Gasteiger partial charge < -0.3 is 34.7 Å². The van der Waals surface area contributed by atoms with Crippen molar-refractivity contribution in [1.82, 2.24) is 24.6 Å². The molecule has 0 radical (unpaired) electrons. The van der Waals surface area contributed by atoms with Crippen molar-refractivity contribution in [3.05, 3.63) is 71.7 Å². The first-order valence-corrected chi connectivity index (χ1v) is 15.6. The number of fused-ring (bicyclic) bond motifs is 1. The van der Waals surface area contributed by atoms with Crippen LogP contribution in [0.25, 0.3) is 16.9 Å². The lowest BCUT2D eigenvalue weighted by atomic mass is 10.0. The summed E-state index contributed by atoms with van der Waals surface area (Å²) in [5, 5.41) is 14.9. The zero-order valence-corrected chi connectivity index (χ0v) is 26.6. The number of nitrogens with zero attached hydrogens (tertiary/aromatic N) is 5. The topological polar surface area (TPSA) is 124 Å². The molecule has 11 nitrogen and oxygen atoms in total. The van der Waals surface area contributed by atoms with E-state index in [1.54, 1.807) is 0 Å². The predicted octanol–water partition coefficient (Wildman–Crippen LogP) is 3.46. The summed E-state index contributed by atoms with van der Waals surface area (Å²) in [6, 6.07) is 7.66. The smallest absolute Gasteiger partial charge is 0.387 e. The van der Waals surface area contributed by atoms with Crippen molar-refractivity contribution in [2.24, 2.45) is 5.92 Å². The van der Waals surface area contributed by atoms with Crippen LogP contribution in [-0.2, 0) is 11.2 Å². The van der Waals surface area contributed by atoms with Crippen LogP contribution in [0.5, 0.6) is 5.75 Å². The normalized spacial score (nSPS) is 17.2. The number of quaternary nitrogens is 1. The van der Waals surface area contributed by atoms with Crippen molar-refractivity contribution in [3.63, 3.8) is 0 Å². The van der Waals surface area contributed by atoms with E-state index in [-0.39, 0.29) is 17.2 Å². The van der Waals surface area contributed by atoms with Gasteiger partial charge in [0.05, 0.1) is 51.7 Å². The third-order valence-corrected chi connectivity index (χ3v) is 8.91. The molecule has 0 saturated carbocycles. The number of piperazine rings is 1. The average Bonchev–Trinajstić information content (AvgIpc) is 3.74. The largest absolute Gasteiger partial charge is 0.554 e. The van der Waals surface area contributed by atoms with Crippen LogP contribution in [0.15, 0.2) is 48.9 Å². The van der Waals surface area contributed by atoms with E-state index < -0.39 is 30.5 Å². The summed E-state index contributed by atoms with van der Waals surface area (Å²) in [5.41, 5.74) is 2.60. The van der Waals surface area contributed by atoms with Gasteiger partial charge in [-0.25, -0.2) is 14.4 Å². The Morgan fingerprint density at radius 3 is 2.60 bits per heavy atom. The Hall–Kier alpha value is -4.76. The molecule has 256 valence electrons. The fourth-order valence-corrected chi connectivity index (χ4v) is 6.43. The number of hydrogen-bond acceptors (Lipinski definition) is 8. The summed E-state index contributed by atoms with van der Waals surface area (Å²) < 4.78 is 61.0. The Balaban J connectivity index is 0.00000145. The number of alkyl halides is 2. The molecule has 6 rings (SSSR count). The zero-order valence-electron chi connectivity index (χ0n) is 26.6. The van der Waals surface area contributed by atoms with Gasteiger partial charge in [-0.15, -0.1) is 0 Å². The number of benzene rings is 2. The third-order valence-electron chi connectivity index (χ3n) is 8.91. The number of aromatic nitrogens is 3. The Morgan fingerprint density at radius 1 is 1.19 bits per heavy atom. The van der Waals surface area contributed by atoms with Crippen molar-refractivity contribution >= 4 is 29.5 Å². The number of likely N-dealkylation sites (N-methyl/N-ethyl adjacent to an activating group) is 1. The highest BCUT2D eigenvalue weighted by Crippen LogP contribution is 2.32. The summed E-state index contributed by atoms with van der Waals surface area (Å²) >= 11 is 0. The number of amides is 1. The number of nitrogens with one attached hydrogen (secondary N) is 2. The minimum absolute atomic E-state index is 0.0320. The van der Waals surface area contributed by atoms with Gasteiger partial charge in [-0.1, -0.05) is 6.92 Å². The molecular weight excluding hydrogens is 634 g/mol. The SMILES string of the molecule is CCc1cc(Nc2nccn3c(-c4ccc(OC(F)F)c(F)c4F)cnc23)ccc1C(=O)N1CC[N+](C)(CC2CCNC2)CC1.O=C[O-]. The van der Waals surface area contributed by atoms with Crippen LogP contribution in [0, 0.1) is 17.6 Å². The van der Waals surface area contributed by atoms with Crippen LogP contribution in [-0.4, -0.2) is 95.6 Å². The second kappa shape index (κ2) is 15.0. The van der Waals surface area contributed by atoms with E-state index in [0.717, 1.165) is 68.0 Å². The molecule has 2 fully saturated rings. The quantitative estimate of drug-likeness (QED) is 0.158. The Bertz CT molecular complexity index is 1760. The van der Waals surface area contributed by atoms with Gasteiger partial charge in [-0.3, -0.25) is 9.20 Å². The minimum atomic E-state index is -3.29.